The van der Waals surface area contributed by atoms with Gasteiger partial charge < -0.3 is 5.32 Å². The Labute approximate surface area is 83.3 Å². The molecule has 1 unspecified atom stereocenters. The molecule has 0 aromatic carbocycles. The minimum absolute atomic E-state index is 0.478. The molecule has 0 radical (unpaired) electrons. The topological polar surface area (TPSA) is 12.0 Å². The van der Waals surface area contributed by atoms with Crippen molar-refractivity contribution >= 4 is 0 Å². The van der Waals surface area contributed by atoms with Crippen LogP contribution in [0.3, 0.4) is 0 Å². The summed E-state index contributed by atoms with van der Waals surface area (Å²) in [5.74, 6) is 1.05. The molecule has 0 heterocycles. The van der Waals surface area contributed by atoms with E-state index in [9.17, 15) is 0 Å². The third-order valence-electron chi connectivity index (χ3n) is 2.75. The maximum absolute atomic E-state index is 3.61. The minimum Gasteiger partial charge on any atom is -0.314 e. The van der Waals surface area contributed by atoms with Crippen molar-refractivity contribution in [2.45, 2.75) is 59.4 Å². The predicted molar refractivity (Wildman–Crippen MR) is 58.9 cm³/mol. The van der Waals surface area contributed by atoms with Crippen LogP contribution < -0.4 is 5.32 Å². The Morgan fingerprint density at radius 3 is 2.38 bits per heavy atom. The molecule has 78 valence electrons. The molecule has 0 aliphatic heterocycles. The smallest absolute Gasteiger partial charge is 0.00413 e. The van der Waals surface area contributed by atoms with E-state index < -0.39 is 0 Å². The van der Waals surface area contributed by atoms with E-state index in [-0.39, 0.29) is 0 Å². The van der Waals surface area contributed by atoms with E-state index in [0.29, 0.717) is 5.41 Å². The fourth-order valence-corrected chi connectivity index (χ4v) is 1.63. The zero-order valence-corrected chi connectivity index (χ0v) is 9.69. The second-order valence-corrected chi connectivity index (χ2v) is 5.84. The molecular weight excluding hydrogens is 158 g/mol. The van der Waals surface area contributed by atoms with Gasteiger partial charge in [-0.2, -0.15) is 0 Å². The van der Waals surface area contributed by atoms with Crippen LogP contribution in [0.2, 0.25) is 0 Å². The first-order valence-electron chi connectivity index (χ1n) is 5.71. The molecule has 1 fully saturated rings. The molecule has 1 aliphatic carbocycles. The van der Waals surface area contributed by atoms with Gasteiger partial charge in [-0.15, -0.1) is 0 Å². The van der Waals surface area contributed by atoms with Crippen LogP contribution >= 0.6 is 0 Å². The van der Waals surface area contributed by atoms with Gasteiger partial charge >= 0.3 is 0 Å². The second-order valence-electron chi connectivity index (χ2n) is 5.84. The quantitative estimate of drug-likeness (QED) is 0.690. The van der Waals surface area contributed by atoms with Gasteiger partial charge in [-0.25, -0.2) is 0 Å². The molecule has 1 N–H and O–H groups in total. The third kappa shape index (κ3) is 6.09. The molecule has 13 heavy (non-hydrogen) atoms. The van der Waals surface area contributed by atoms with Crippen molar-refractivity contribution in [2.24, 2.45) is 11.3 Å². The Hall–Kier alpha value is -0.0400. The molecule has 1 saturated carbocycles. The molecule has 0 amide bonds. The van der Waals surface area contributed by atoms with Crippen molar-refractivity contribution in [3.05, 3.63) is 0 Å². The summed E-state index contributed by atoms with van der Waals surface area (Å²) in [5.41, 5.74) is 0.478. The Bertz CT molecular complexity index is 142. The van der Waals surface area contributed by atoms with Crippen LogP contribution in [0.1, 0.15) is 53.4 Å². The maximum atomic E-state index is 3.61. The van der Waals surface area contributed by atoms with Gasteiger partial charge in [-0.1, -0.05) is 33.6 Å². The van der Waals surface area contributed by atoms with Gasteiger partial charge in [0, 0.05) is 6.04 Å². The van der Waals surface area contributed by atoms with E-state index in [1.807, 2.05) is 0 Å². The highest BCUT2D eigenvalue weighted by Crippen LogP contribution is 2.33. The van der Waals surface area contributed by atoms with Gasteiger partial charge in [0.15, 0.2) is 0 Å². The zero-order valence-electron chi connectivity index (χ0n) is 9.69. The van der Waals surface area contributed by atoms with Crippen LogP contribution in [-0.2, 0) is 0 Å². The van der Waals surface area contributed by atoms with E-state index in [4.69, 9.17) is 0 Å². The Kier molecular flexibility index (Phi) is 3.78. The van der Waals surface area contributed by atoms with Crippen molar-refractivity contribution in [3.63, 3.8) is 0 Å². The minimum atomic E-state index is 0.478. The lowest BCUT2D eigenvalue weighted by atomic mass is 9.92. The predicted octanol–water partition coefficient (Wildman–Crippen LogP) is 3.20. The molecule has 1 atom stereocenters. The Balaban J connectivity index is 1.97. The lowest BCUT2D eigenvalue weighted by Gasteiger charge is -2.20. The third-order valence-corrected chi connectivity index (χ3v) is 2.75. The SMILES string of the molecule is CC(CC1CC1)NCCC(C)(C)C. The van der Waals surface area contributed by atoms with Crippen molar-refractivity contribution in [2.75, 3.05) is 6.54 Å². The highest BCUT2D eigenvalue weighted by Gasteiger charge is 2.23. The summed E-state index contributed by atoms with van der Waals surface area (Å²) in [6, 6.07) is 0.731. The lowest BCUT2D eigenvalue weighted by molar-refractivity contribution is 0.351. The van der Waals surface area contributed by atoms with Crippen LogP contribution in [0.25, 0.3) is 0 Å². The first-order valence-corrected chi connectivity index (χ1v) is 5.71. The van der Waals surface area contributed by atoms with Crippen molar-refractivity contribution < 1.29 is 0 Å². The van der Waals surface area contributed by atoms with Crippen LogP contribution in [-0.4, -0.2) is 12.6 Å². The van der Waals surface area contributed by atoms with E-state index in [1.165, 1.54) is 32.2 Å². The van der Waals surface area contributed by atoms with Crippen molar-refractivity contribution in [1.29, 1.82) is 0 Å². The second kappa shape index (κ2) is 4.45. The van der Waals surface area contributed by atoms with Gasteiger partial charge in [0.05, 0.1) is 0 Å². The molecular formula is C12H25N. The van der Waals surface area contributed by atoms with Crippen LogP contribution in [0.5, 0.6) is 0 Å². The number of rotatable bonds is 5. The summed E-state index contributed by atoms with van der Waals surface area (Å²) in [7, 11) is 0. The summed E-state index contributed by atoms with van der Waals surface area (Å²) >= 11 is 0. The molecule has 1 heteroatoms. The number of hydrogen-bond donors (Lipinski definition) is 1. The van der Waals surface area contributed by atoms with Gasteiger partial charge in [0.1, 0.15) is 0 Å². The standard InChI is InChI=1S/C12H25N/c1-10(9-11-5-6-11)13-8-7-12(2,3)4/h10-11,13H,5-9H2,1-4H3. The van der Waals surface area contributed by atoms with Crippen molar-refractivity contribution in [1.82, 2.24) is 5.32 Å². The summed E-state index contributed by atoms with van der Waals surface area (Å²) < 4.78 is 0. The average molecular weight is 183 g/mol. The van der Waals surface area contributed by atoms with Gasteiger partial charge in [0.2, 0.25) is 0 Å². The van der Waals surface area contributed by atoms with E-state index in [0.717, 1.165) is 12.0 Å². The van der Waals surface area contributed by atoms with E-state index in [2.05, 4.69) is 33.0 Å². The summed E-state index contributed by atoms with van der Waals surface area (Å²) in [4.78, 5) is 0. The van der Waals surface area contributed by atoms with Crippen LogP contribution in [0.15, 0.2) is 0 Å². The fourth-order valence-electron chi connectivity index (χ4n) is 1.63. The van der Waals surface area contributed by atoms with Crippen LogP contribution in [0.4, 0.5) is 0 Å². The van der Waals surface area contributed by atoms with Gasteiger partial charge in [0.25, 0.3) is 0 Å². The maximum Gasteiger partial charge on any atom is 0.00413 e. The zero-order chi connectivity index (χ0) is 9.90. The fraction of sp³-hybridized carbons (Fsp3) is 1.00. The summed E-state index contributed by atoms with van der Waals surface area (Å²) in [6.45, 7) is 10.4. The first-order chi connectivity index (χ1) is 5.97. The molecule has 1 rings (SSSR count). The summed E-state index contributed by atoms with van der Waals surface area (Å²) in [5, 5.41) is 3.61. The van der Waals surface area contributed by atoms with Crippen LogP contribution in [0, 0.1) is 11.3 Å². The van der Waals surface area contributed by atoms with E-state index in [1.54, 1.807) is 0 Å². The molecule has 0 spiro atoms. The van der Waals surface area contributed by atoms with Crippen molar-refractivity contribution in [3.8, 4) is 0 Å². The largest absolute Gasteiger partial charge is 0.314 e. The monoisotopic (exact) mass is 183 g/mol. The molecule has 1 aliphatic rings. The Morgan fingerprint density at radius 1 is 1.31 bits per heavy atom. The van der Waals surface area contributed by atoms with E-state index >= 15 is 0 Å². The highest BCUT2D eigenvalue weighted by molar-refractivity contribution is 4.78. The molecule has 1 nitrogen and oxygen atoms in total. The number of hydrogen-bond acceptors (Lipinski definition) is 1. The molecule has 0 bridgehead atoms. The lowest BCUT2D eigenvalue weighted by Crippen LogP contribution is -2.29. The first kappa shape index (κ1) is 11.0. The van der Waals surface area contributed by atoms with Gasteiger partial charge in [-0.3, -0.25) is 0 Å². The molecule has 0 saturated heterocycles. The van der Waals surface area contributed by atoms with Gasteiger partial charge in [-0.05, 0) is 37.6 Å². The summed E-state index contributed by atoms with van der Waals surface area (Å²) in [6.07, 6.45) is 5.63. The number of nitrogens with one attached hydrogen (secondary N) is 1. The Morgan fingerprint density at radius 2 is 1.92 bits per heavy atom. The molecule has 0 aromatic rings. The highest BCUT2D eigenvalue weighted by atomic mass is 14.9. The average Bonchev–Trinajstić information content (AvgIpc) is 2.68. The molecule has 0 aromatic heterocycles. The normalized spacial score (nSPS) is 20.3.